The van der Waals surface area contributed by atoms with Gasteiger partial charge in [-0.1, -0.05) is 6.58 Å². The van der Waals surface area contributed by atoms with Crippen molar-refractivity contribution < 1.29 is 41.0 Å². The highest BCUT2D eigenvalue weighted by Crippen LogP contribution is 2.25. The molecule has 0 amide bonds. The molecule has 20 heavy (non-hydrogen) atoms. The van der Waals surface area contributed by atoms with Crippen LogP contribution in [0.25, 0.3) is 0 Å². The summed E-state index contributed by atoms with van der Waals surface area (Å²) in [5.74, 6) is -4.13. The van der Waals surface area contributed by atoms with Gasteiger partial charge in [0.2, 0.25) is 0 Å². The summed E-state index contributed by atoms with van der Waals surface area (Å²) in [6.45, 7) is 1.56. The first-order valence-corrected chi connectivity index (χ1v) is 5.49. The third kappa shape index (κ3) is 7.31. The molecule has 0 aromatic carbocycles. The number of thiol groups is 1. The topological polar surface area (TPSA) is 52.6 Å². The number of carbonyl (C=O) groups is 2. The minimum absolute atomic E-state index is 0.759. The predicted molar refractivity (Wildman–Crippen MR) is 60.2 cm³/mol. The summed E-state index contributed by atoms with van der Waals surface area (Å²) in [5, 5.41) is -3.53. The van der Waals surface area contributed by atoms with Crippen molar-refractivity contribution in [3.05, 3.63) is 12.2 Å². The van der Waals surface area contributed by atoms with E-state index in [4.69, 9.17) is 0 Å². The van der Waals surface area contributed by atoms with Gasteiger partial charge in [-0.25, -0.2) is 4.79 Å². The Morgan fingerprint density at radius 1 is 1.20 bits per heavy atom. The first-order chi connectivity index (χ1) is 8.84. The summed E-state index contributed by atoms with van der Waals surface area (Å²) in [6.07, 6.45) is -4.95. The second-order valence-electron chi connectivity index (χ2n) is 3.75. The van der Waals surface area contributed by atoms with Gasteiger partial charge in [-0.2, -0.15) is 22.0 Å². The number of hydrogen-bond donors (Lipinski definition) is 1. The lowest BCUT2D eigenvalue weighted by molar-refractivity contribution is -0.159. The summed E-state index contributed by atoms with van der Waals surface area (Å²) >= 11 is 2.81. The molecule has 0 aliphatic heterocycles. The van der Waals surface area contributed by atoms with Crippen LogP contribution in [0.2, 0.25) is 0 Å². The summed E-state index contributed by atoms with van der Waals surface area (Å²) in [5.41, 5.74) is -1.74. The highest BCUT2D eigenvalue weighted by molar-refractivity contribution is 7.81. The molecule has 1 unspecified atom stereocenters. The van der Waals surface area contributed by atoms with Crippen LogP contribution in [0.15, 0.2) is 12.2 Å². The third-order valence-electron chi connectivity index (χ3n) is 1.84. The maximum absolute atomic E-state index is 12.3. The lowest BCUT2D eigenvalue weighted by Crippen LogP contribution is -2.28. The molecular formula is C10H11F5O4S. The Hall–Kier alpha value is -1.32. The molecule has 116 valence electrons. The molecule has 0 aliphatic rings. The van der Waals surface area contributed by atoms with Crippen LogP contribution in [-0.2, 0) is 19.1 Å². The highest BCUT2D eigenvalue weighted by Gasteiger charge is 2.38. The molecule has 1 atom stereocenters. The summed E-state index contributed by atoms with van der Waals surface area (Å²) in [7, 11) is 0. The van der Waals surface area contributed by atoms with E-state index in [9.17, 15) is 31.5 Å². The SMILES string of the molecule is C=C(C(=O)OCC(C)C(=O)OCC(F)(F)S)C(F)(F)F. The van der Waals surface area contributed by atoms with E-state index >= 15 is 0 Å². The molecular weight excluding hydrogens is 311 g/mol. The van der Waals surface area contributed by atoms with E-state index in [1.807, 2.05) is 0 Å². The van der Waals surface area contributed by atoms with Crippen LogP contribution in [-0.4, -0.2) is 36.6 Å². The summed E-state index contributed by atoms with van der Waals surface area (Å²) in [6, 6.07) is 0. The van der Waals surface area contributed by atoms with Gasteiger partial charge in [0, 0.05) is 0 Å². The number of rotatable bonds is 6. The standard InChI is InChI=1S/C10H11F5O4S/c1-5(7(16)19-4-9(11,12)20)3-18-8(17)6(2)10(13,14)15/h5,20H,2-4H2,1H3. The number of ether oxygens (including phenoxy) is 2. The fraction of sp³-hybridized carbons (Fsp3) is 0.600. The van der Waals surface area contributed by atoms with Crippen molar-refractivity contribution >= 4 is 24.6 Å². The normalized spacial score (nSPS) is 13.6. The van der Waals surface area contributed by atoms with E-state index in [2.05, 4.69) is 28.7 Å². The van der Waals surface area contributed by atoms with Crippen LogP contribution in [0.5, 0.6) is 0 Å². The summed E-state index contributed by atoms with van der Waals surface area (Å²) < 4.78 is 69.0. The molecule has 0 aromatic rings. The number of alkyl halides is 5. The van der Waals surface area contributed by atoms with Gasteiger partial charge in [0.05, 0.1) is 5.92 Å². The van der Waals surface area contributed by atoms with Crippen molar-refractivity contribution in [2.75, 3.05) is 13.2 Å². The maximum atomic E-state index is 12.3. The Labute approximate surface area is 116 Å². The molecule has 10 heteroatoms. The van der Waals surface area contributed by atoms with Gasteiger partial charge < -0.3 is 9.47 Å². The second kappa shape index (κ2) is 6.91. The molecule has 0 N–H and O–H groups in total. The molecule has 0 fully saturated rings. The van der Waals surface area contributed by atoms with E-state index < -0.39 is 48.1 Å². The first-order valence-electron chi connectivity index (χ1n) is 5.04. The zero-order valence-electron chi connectivity index (χ0n) is 10.2. The first kappa shape index (κ1) is 18.7. The molecule has 0 aromatic heterocycles. The number of halogens is 5. The van der Waals surface area contributed by atoms with Gasteiger partial charge in [-0.05, 0) is 6.92 Å². The predicted octanol–water partition coefficient (Wildman–Crippen LogP) is 2.35. The van der Waals surface area contributed by atoms with Gasteiger partial charge in [0.1, 0.15) is 12.2 Å². The Bertz CT molecular complexity index is 388. The van der Waals surface area contributed by atoms with Crippen molar-refractivity contribution in [3.8, 4) is 0 Å². The smallest absolute Gasteiger partial charge is 0.422 e. The zero-order chi connectivity index (χ0) is 16.1. The average Bonchev–Trinajstić information content (AvgIpc) is 2.29. The Balaban J connectivity index is 4.23. The molecule has 0 saturated carbocycles. The second-order valence-corrected chi connectivity index (χ2v) is 4.40. The summed E-state index contributed by atoms with van der Waals surface area (Å²) in [4.78, 5) is 22.1. The quantitative estimate of drug-likeness (QED) is 0.353. The van der Waals surface area contributed by atoms with Gasteiger partial charge in [0.25, 0.3) is 0 Å². The van der Waals surface area contributed by atoms with Gasteiger partial charge in [-0.15, -0.1) is 12.6 Å². The maximum Gasteiger partial charge on any atom is 0.422 e. The van der Waals surface area contributed by atoms with Gasteiger partial charge in [0.15, 0.2) is 6.61 Å². The van der Waals surface area contributed by atoms with E-state index in [0.717, 1.165) is 6.92 Å². The van der Waals surface area contributed by atoms with Crippen LogP contribution in [0.1, 0.15) is 6.92 Å². The number of carbonyl (C=O) groups excluding carboxylic acids is 2. The average molecular weight is 322 g/mol. The van der Waals surface area contributed by atoms with E-state index in [1.54, 1.807) is 0 Å². The molecule has 0 spiro atoms. The Kier molecular flexibility index (Phi) is 6.45. The molecule has 0 bridgehead atoms. The molecule has 0 saturated heterocycles. The van der Waals surface area contributed by atoms with Crippen molar-refractivity contribution in [1.82, 2.24) is 0 Å². The molecule has 4 nitrogen and oxygen atoms in total. The van der Waals surface area contributed by atoms with E-state index in [0.29, 0.717) is 0 Å². The van der Waals surface area contributed by atoms with Gasteiger partial charge >= 0.3 is 23.4 Å². The lowest BCUT2D eigenvalue weighted by Gasteiger charge is -2.15. The monoisotopic (exact) mass is 322 g/mol. The zero-order valence-corrected chi connectivity index (χ0v) is 11.1. The van der Waals surface area contributed by atoms with Crippen LogP contribution in [0.4, 0.5) is 22.0 Å². The molecule has 0 rings (SSSR count). The van der Waals surface area contributed by atoms with E-state index in [-0.39, 0.29) is 0 Å². The van der Waals surface area contributed by atoms with Crippen LogP contribution >= 0.6 is 12.6 Å². The van der Waals surface area contributed by atoms with Crippen LogP contribution in [0.3, 0.4) is 0 Å². The van der Waals surface area contributed by atoms with Crippen molar-refractivity contribution in [3.63, 3.8) is 0 Å². The van der Waals surface area contributed by atoms with Crippen molar-refractivity contribution in [1.29, 1.82) is 0 Å². The van der Waals surface area contributed by atoms with Crippen LogP contribution < -0.4 is 0 Å². The Morgan fingerprint density at radius 3 is 2.10 bits per heavy atom. The number of hydrogen-bond acceptors (Lipinski definition) is 5. The number of esters is 2. The van der Waals surface area contributed by atoms with E-state index in [1.165, 1.54) is 0 Å². The largest absolute Gasteiger partial charge is 0.461 e. The Morgan fingerprint density at radius 2 is 1.70 bits per heavy atom. The van der Waals surface area contributed by atoms with Crippen molar-refractivity contribution in [2.24, 2.45) is 5.92 Å². The lowest BCUT2D eigenvalue weighted by atomic mass is 10.2. The molecule has 0 aliphatic carbocycles. The minimum atomic E-state index is -4.95. The van der Waals surface area contributed by atoms with Gasteiger partial charge in [-0.3, -0.25) is 4.79 Å². The highest BCUT2D eigenvalue weighted by atomic mass is 32.1. The fourth-order valence-electron chi connectivity index (χ4n) is 0.772. The molecule has 0 heterocycles. The fourth-order valence-corrected chi connectivity index (χ4v) is 0.836. The van der Waals surface area contributed by atoms with Crippen LogP contribution in [0, 0.1) is 5.92 Å². The third-order valence-corrected chi connectivity index (χ3v) is 1.97. The minimum Gasteiger partial charge on any atom is -0.461 e. The van der Waals surface area contributed by atoms with Crippen molar-refractivity contribution in [2.45, 2.75) is 18.4 Å². The molecule has 0 radical (unpaired) electrons.